The van der Waals surface area contributed by atoms with Gasteiger partial charge in [-0.05, 0) is 52.0 Å². The molecule has 1 saturated heterocycles. The average Bonchev–Trinajstić information content (AvgIpc) is 2.81. The summed E-state index contributed by atoms with van der Waals surface area (Å²) in [7, 11) is 0. The minimum Gasteiger partial charge on any atom is -0.409 e. The van der Waals surface area contributed by atoms with Crippen LogP contribution in [0.5, 0.6) is 0 Å². The van der Waals surface area contributed by atoms with Gasteiger partial charge in [0.25, 0.3) is 4.84 Å². The Balaban J connectivity index is 1.88. The van der Waals surface area contributed by atoms with Crippen LogP contribution < -0.4 is 0 Å². The lowest BCUT2D eigenvalue weighted by Gasteiger charge is -2.41. The molecule has 3 rings (SSSR count). The molecule has 0 atom stereocenters. The SMILES string of the molecule is Cc1cc(C)cc(-c2nn(CN3CCOCC3(C)C)c(=S)o2)c1. The molecule has 2 aromatic rings. The smallest absolute Gasteiger partial charge is 0.288 e. The van der Waals surface area contributed by atoms with E-state index in [9.17, 15) is 0 Å². The monoisotopic (exact) mass is 333 g/mol. The first-order valence-electron chi connectivity index (χ1n) is 7.84. The van der Waals surface area contributed by atoms with E-state index >= 15 is 0 Å². The van der Waals surface area contributed by atoms with Crippen molar-refractivity contribution in [2.75, 3.05) is 19.8 Å². The molecule has 2 heterocycles. The third-order valence-electron chi connectivity index (χ3n) is 4.20. The van der Waals surface area contributed by atoms with Gasteiger partial charge in [0, 0.05) is 17.6 Å². The molecule has 0 bridgehead atoms. The molecular formula is C17H23N3O2S. The van der Waals surface area contributed by atoms with Crippen molar-refractivity contribution in [1.82, 2.24) is 14.7 Å². The first kappa shape index (κ1) is 16.4. The predicted octanol–water partition coefficient (Wildman–Crippen LogP) is 3.56. The molecule has 1 aliphatic heterocycles. The fourth-order valence-corrected chi connectivity index (χ4v) is 3.10. The maximum Gasteiger partial charge on any atom is 0.288 e. The second-order valence-electron chi connectivity index (χ2n) is 6.82. The van der Waals surface area contributed by atoms with Crippen molar-refractivity contribution in [2.45, 2.75) is 39.9 Å². The summed E-state index contributed by atoms with van der Waals surface area (Å²) in [5, 5.41) is 4.59. The number of morpholine rings is 1. The van der Waals surface area contributed by atoms with Crippen molar-refractivity contribution >= 4 is 12.2 Å². The van der Waals surface area contributed by atoms with Crippen molar-refractivity contribution in [1.29, 1.82) is 0 Å². The van der Waals surface area contributed by atoms with Crippen LogP contribution in [0.15, 0.2) is 22.6 Å². The van der Waals surface area contributed by atoms with Crippen LogP contribution in [0.4, 0.5) is 0 Å². The molecule has 0 unspecified atom stereocenters. The zero-order valence-corrected chi connectivity index (χ0v) is 14.9. The Bertz CT molecular complexity index is 743. The van der Waals surface area contributed by atoms with Gasteiger partial charge in [-0.3, -0.25) is 4.90 Å². The van der Waals surface area contributed by atoms with E-state index in [-0.39, 0.29) is 5.54 Å². The first-order valence-corrected chi connectivity index (χ1v) is 8.25. The van der Waals surface area contributed by atoms with E-state index in [4.69, 9.17) is 21.4 Å². The molecule has 23 heavy (non-hydrogen) atoms. The van der Waals surface area contributed by atoms with Gasteiger partial charge in [-0.1, -0.05) is 17.2 Å². The summed E-state index contributed by atoms with van der Waals surface area (Å²) >= 11 is 5.36. The van der Waals surface area contributed by atoms with E-state index < -0.39 is 0 Å². The molecule has 5 nitrogen and oxygen atoms in total. The van der Waals surface area contributed by atoms with Gasteiger partial charge in [0.2, 0.25) is 5.89 Å². The Hall–Kier alpha value is -1.50. The molecule has 0 radical (unpaired) electrons. The number of benzene rings is 1. The second kappa shape index (κ2) is 6.19. The molecule has 1 aromatic heterocycles. The minimum atomic E-state index is -0.0357. The van der Waals surface area contributed by atoms with Crippen LogP contribution in [-0.2, 0) is 11.4 Å². The van der Waals surface area contributed by atoms with Crippen LogP contribution >= 0.6 is 12.2 Å². The highest BCUT2D eigenvalue weighted by Crippen LogP contribution is 2.23. The summed E-state index contributed by atoms with van der Waals surface area (Å²) in [6.07, 6.45) is 0. The Kier molecular flexibility index (Phi) is 4.40. The molecular weight excluding hydrogens is 310 g/mol. The van der Waals surface area contributed by atoms with Gasteiger partial charge < -0.3 is 9.15 Å². The van der Waals surface area contributed by atoms with E-state index in [2.05, 4.69) is 55.9 Å². The third kappa shape index (κ3) is 3.54. The topological polar surface area (TPSA) is 43.4 Å². The first-order chi connectivity index (χ1) is 10.8. The number of rotatable bonds is 3. The van der Waals surface area contributed by atoms with E-state index in [1.807, 2.05) is 0 Å². The quantitative estimate of drug-likeness (QED) is 0.804. The molecule has 1 aliphatic rings. The summed E-state index contributed by atoms with van der Waals surface area (Å²) in [6, 6.07) is 6.26. The van der Waals surface area contributed by atoms with Crippen LogP contribution in [0, 0.1) is 18.7 Å². The van der Waals surface area contributed by atoms with Gasteiger partial charge in [-0.25, -0.2) is 4.68 Å². The predicted molar refractivity (Wildman–Crippen MR) is 91.8 cm³/mol. The molecule has 0 aliphatic carbocycles. The Morgan fingerprint density at radius 2 is 1.91 bits per heavy atom. The lowest BCUT2D eigenvalue weighted by molar-refractivity contribution is -0.0678. The maximum absolute atomic E-state index is 5.73. The zero-order chi connectivity index (χ0) is 16.6. The number of ether oxygens (including phenoxy) is 1. The van der Waals surface area contributed by atoms with Crippen molar-refractivity contribution in [3.05, 3.63) is 34.2 Å². The molecule has 0 spiro atoms. The lowest BCUT2D eigenvalue weighted by Crippen LogP contribution is -2.53. The van der Waals surface area contributed by atoms with Gasteiger partial charge in [-0.15, -0.1) is 5.10 Å². The van der Waals surface area contributed by atoms with E-state index in [0.29, 0.717) is 24.0 Å². The number of aromatic nitrogens is 2. The van der Waals surface area contributed by atoms with Crippen LogP contribution in [0.3, 0.4) is 0 Å². The van der Waals surface area contributed by atoms with Gasteiger partial charge in [0.15, 0.2) is 0 Å². The summed E-state index contributed by atoms with van der Waals surface area (Å²) in [5.74, 6) is 0.577. The van der Waals surface area contributed by atoms with Crippen LogP contribution in [0.25, 0.3) is 11.5 Å². The Morgan fingerprint density at radius 3 is 2.57 bits per heavy atom. The zero-order valence-electron chi connectivity index (χ0n) is 14.1. The fourth-order valence-electron chi connectivity index (χ4n) is 2.92. The molecule has 0 N–H and O–H groups in total. The third-order valence-corrected chi connectivity index (χ3v) is 4.49. The Morgan fingerprint density at radius 1 is 1.22 bits per heavy atom. The van der Waals surface area contributed by atoms with Gasteiger partial charge >= 0.3 is 0 Å². The number of hydrogen-bond acceptors (Lipinski definition) is 5. The normalized spacial score (nSPS) is 18.3. The van der Waals surface area contributed by atoms with Crippen LogP contribution in [0.1, 0.15) is 25.0 Å². The van der Waals surface area contributed by atoms with E-state index in [1.165, 1.54) is 11.1 Å². The molecule has 6 heteroatoms. The molecule has 1 aromatic carbocycles. The molecule has 1 fully saturated rings. The second-order valence-corrected chi connectivity index (χ2v) is 7.17. The van der Waals surface area contributed by atoms with Crippen molar-refractivity contribution in [2.24, 2.45) is 0 Å². The molecule has 124 valence electrons. The largest absolute Gasteiger partial charge is 0.409 e. The highest BCUT2D eigenvalue weighted by Gasteiger charge is 2.31. The minimum absolute atomic E-state index is 0.0357. The summed E-state index contributed by atoms with van der Waals surface area (Å²) in [6.45, 7) is 11.4. The number of hydrogen-bond donors (Lipinski definition) is 0. The Labute approximate surface area is 141 Å². The summed E-state index contributed by atoms with van der Waals surface area (Å²) in [4.78, 5) is 2.72. The van der Waals surface area contributed by atoms with Crippen molar-refractivity contribution in [3.63, 3.8) is 0 Å². The van der Waals surface area contributed by atoms with Crippen LogP contribution in [-0.4, -0.2) is 40.0 Å². The van der Waals surface area contributed by atoms with Gasteiger partial charge in [-0.2, -0.15) is 0 Å². The summed E-state index contributed by atoms with van der Waals surface area (Å²) < 4.78 is 13.1. The molecule has 0 amide bonds. The summed E-state index contributed by atoms with van der Waals surface area (Å²) in [5.41, 5.74) is 3.30. The van der Waals surface area contributed by atoms with E-state index in [0.717, 1.165) is 18.7 Å². The highest BCUT2D eigenvalue weighted by atomic mass is 32.1. The molecule has 0 saturated carbocycles. The van der Waals surface area contributed by atoms with Crippen molar-refractivity contribution < 1.29 is 9.15 Å². The van der Waals surface area contributed by atoms with Crippen LogP contribution in [0.2, 0.25) is 0 Å². The van der Waals surface area contributed by atoms with Gasteiger partial charge in [0.1, 0.15) is 0 Å². The van der Waals surface area contributed by atoms with Gasteiger partial charge in [0.05, 0.1) is 19.9 Å². The average molecular weight is 333 g/mol. The fraction of sp³-hybridized carbons (Fsp3) is 0.529. The highest BCUT2D eigenvalue weighted by molar-refractivity contribution is 7.71. The van der Waals surface area contributed by atoms with Crippen molar-refractivity contribution in [3.8, 4) is 11.5 Å². The number of aryl methyl sites for hydroxylation is 2. The lowest BCUT2D eigenvalue weighted by atomic mass is 10.0. The standard InChI is InChI=1S/C17H23N3O2S/c1-12-7-13(2)9-14(8-12)15-18-20(16(23)22-15)11-19-5-6-21-10-17(19,3)4/h7-9H,5-6,10-11H2,1-4H3. The number of nitrogens with zero attached hydrogens (tertiary/aromatic N) is 3. The maximum atomic E-state index is 5.73. The van der Waals surface area contributed by atoms with E-state index in [1.54, 1.807) is 4.68 Å².